The molecular formula is H10CaO4PbSrTi. The van der Waals surface area contributed by atoms with Crippen molar-refractivity contribution >= 4 is 111 Å². The molecule has 0 aromatic heterocycles. The average molecular weight is 457 g/mol. The third kappa shape index (κ3) is 48.8. The zero-order chi connectivity index (χ0) is 4.50. The van der Waals surface area contributed by atoms with Gasteiger partial charge in [-0.1, -0.05) is 0 Å². The van der Waals surface area contributed by atoms with Crippen molar-refractivity contribution in [1.29, 1.82) is 0 Å². The molecule has 0 aliphatic rings. The van der Waals surface area contributed by atoms with Gasteiger partial charge in [0.25, 0.3) is 0 Å². The van der Waals surface area contributed by atoms with Crippen LogP contribution in [0.15, 0.2) is 0 Å². The first-order valence-corrected chi connectivity index (χ1v) is 3.69. The molecule has 0 aromatic carbocycles. The summed E-state index contributed by atoms with van der Waals surface area (Å²) < 4.78 is 29.5. The predicted octanol–water partition coefficient (Wildman–Crippen LogP) is -4.98. The van der Waals surface area contributed by atoms with Crippen LogP contribution >= 0.6 is 0 Å². The summed E-state index contributed by atoms with van der Waals surface area (Å²) in [5.74, 6) is 0. The fourth-order valence-electron chi connectivity index (χ4n) is 0. The maximum atomic E-state index is 7.38. The molecule has 0 bridgehead atoms. The number of hydrogen-bond donors (Lipinski definition) is 4. The summed E-state index contributed by atoms with van der Waals surface area (Å²) in [6.45, 7) is 0. The van der Waals surface area contributed by atoms with E-state index >= 15 is 0 Å². The minimum absolute atomic E-state index is 0. The van der Waals surface area contributed by atoms with Gasteiger partial charge in [-0.25, -0.2) is 0 Å². The number of rotatable bonds is 0. The van der Waals surface area contributed by atoms with E-state index in [2.05, 4.69) is 0 Å². The molecule has 0 amide bonds. The van der Waals surface area contributed by atoms with E-state index < -0.39 is 18.1 Å². The Balaban J connectivity index is -0.0000000267. The van der Waals surface area contributed by atoms with Crippen LogP contribution < -0.4 is 0 Å². The van der Waals surface area contributed by atoms with E-state index in [0.717, 1.165) is 0 Å². The van der Waals surface area contributed by atoms with Crippen LogP contribution in [0.5, 0.6) is 0 Å². The van der Waals surface area contributed by atoms with Gasteiger partial charge in [0.15, 0.2) is 0 Å². The molecule has 0 rings (SSSR count). The van der Waals surface area contributed by atoms with Crippen LogP contribution in [0.25, 0.3) is 0 Å². The average Bonchev–Trinajstić information content (AvgIpc) is 0.722. The van der Waals surface area contributed by atoms with Gasteiger partial charge in [0.05, 0.1) is 0 Å². The first kappa shape index (κ1) is 22.8. The van der Waals surface area contributed by atoms with Gasteiger partial charge in [0.1, 0.15) is 0 Å². The zero-order valence-corrected chi connectivity index (χ0v) is 10.1. The van der Waals surface area contributed by atoms with Gasteiger partial charge in [0, 0.05) is 0 Å². The molecule has 2 radical (unpaired) electrons. The summed E-state index contributed by atoms with van der Waals surface area (Å²) in [6, 6.07) is 0. The Kier molecular flexibility index (Phi) is 31.9. The van der Waals surface area contributed by atoms with Crippen molar-refractivity contribution in [2.24, 2.45) is 0 Å². The van der Waals surface area contributed by atoms with E-state index in [-0.39, 0.29) is 111 Å². The van der Waals surface area contributed by atoms with Crippen molar-refractivity contribution in [2.75, 3.05) is 0 Å². The standard InChI is InChI=1S/Ca.4H2O.Pb.Sr.Ti.6H/h;4*1H2;;;;;;;;;/q;;;;;;;+4;;;;;;/p-4. The third-order valence-corrected chi connectivity index (χ3v) is 0. The molecule has 0 saturated heterocycles. The Labute approximate surface area is 139 Å². The molecular weight excluding hydrogens is 447 g/mol. The Bertz CT molecular complexity index is 31.5. The van der Waals surface area contributed by atoms with Gasteiger partial charge in [0.2, 0.25) is 0 Å². The SMILES string of the molecule is [CaH2].[OH][Ti]([OH])([OH])[OH].[PbH2].[SrH2]. The third-order valence-electron chi connectivity index (χ3n) is 0. The van der Waals surface area contributed by atoms with E-state index in [4.69, 9.17) is 14.8 Å². The molecule has 46 valence electrons. The van der Waals surface area contributed by atoms with E-state index in [0.29, 0.717) is 0 Å². The molecule has 0 aliphatic carbocycles. The van der Waals surface area contributed by atoms with Crippen molar-refractivity contribution in [3.63, 3.8) is 0 Å². The topological polar surface area (TPSA) is 80.9 Å². The second-order valence-electron chi connectivity index (χ2n) is 0.600. The summed E-state index contributed by atoms with van der Waals surface area (Å²) in [4.78, 5) is 0. The summed E-state index contributed by atoms with van der Waals surface area (Å²) in [5.41, 5.74) is 0. The fraction of sp³-hybridized carbons (Fsp3) is 0. The van der Waals surface area contributed by atoms with Crippen LogP contribution in [0, 0.1) is 0 Å². The molecule has 0 aliphatic heterocycles. The Hall–Kier alpha value is 4.22. The Morgan fingerprint density at radius 2 is 0.875 bits per heavy atom. The normalized spacial score (nSPS) is 7.50. The zero-order valence-electron chi connectivity index (χ0n) is 3.00. The van der Waals surface area contributed by atoms with Gasteiger partial charge in [-0.2, -0.15) is 0 Å². The van der Waals surface area contributed by atoms with Crippen molar-refractivity contribution in [2.45, 2.75) is 0 Å². The second kappa shape index (κ2) is 11.2. The van der Waals surface area contributed by atoms with Crippen LogP contribution in [0.2, 0.25) is 0 Å². The second-order valence-corrected chi connectivity index (χ2v) is 2.47. The molecule has 0 unspecified atom stereocenters. The molecule has 4 nitrogen and oxygen atoms in total. The van der Waals surface area contributed by atoms with Crippen molar-refractivity contribution in [3.8, 4) is 0 Å². The maximum absolute atomic E-state index is 7.38. The van der Waals surface area contributed by atoms with E-state index in [9.17, 15) is 0 Å². The van der Waals surface area contributed by atoms with Crippen molar-refractivity contribution in [3.05, 3.63) is 0 Å². The van der Waals surface area contributed by atoms with Crippen LogP contribution in [-0.4, -0.2) is 125 Å². The summed E-state index contributed by atoms with van der Waals surface area (Å²) in [6.07, 6.45) is 0. The predicted molar refractivity (Wildman–Crippen MR) is 34.5 cm³/mol. The van der Waals surface area contributed by atoms with Crippen molar-refractivity contribution in [1.82, 2.24) is 0 Å². The van der Waals surface area contributed by atoms with E-state index in [1.54, 1.807) is 0 Å². The van der Waals surface area contributed by atoms with Crippen LogP contribution in [-0.2, 0) is 18.1 Å². The first-order valence-electron chi connectivity index (χ1n) is 0.894. The summed E-state index contributed by atoms with van der Waals surface area (Å²) in [7, 11) is 0. The molecule has 0 heterocycles. The van der Waals surface area contributed by atoms with Crippen molar-refractivity contribution < 1.29 is 32.9 Å². The fourth-order valence-corrected chi connectivity index (χ4v) is 0. The molecule has 8 heteroatoms. The van der Waals surface area contributed by atoms with Gasteiger partial charge in [-0.3, -0.25) is 0 Å². The molecule has 0 spiro atoms. The van der Waals surface area contributed by atoms with Gasteiger partial charge in [-0.15, -0.1) is 0 Å². The Morgan fingerprint density at radius 1 is 0.875 bits per heavy atom. The van der Waals surface area contributed by atoms with Gasteiger partial charge < -0.3 is 0 Å². The summed E-state index contributed by atoms with van der Waals surface area (Å²) >= 11 is -5.00. The molecule has 0 saturated carbocycles. The van der Waals surface area contributed by atoms with Crippen LogP contribution in [0.4, 0.5) is 0 Å². The molecule has 0 atom stereocenters. The Morgan fingerprint density at radius 3 is 0.875 bits per heavy atom. The molecule has 4 N–H and O–H groups in total. The number of hydrogen-bond acceptors (Lipinski definition) is 4. The van der Waals surface area contributed by atoms with Crippen LogP contribution in [0.1, 0.15) is 0 Å². The monoisotopic (exact) mass is 458 g/mol. The van der Waals surface area contributed by atoms with E-state index in [1.807, 2.05) is 0 Å². The first-order chi connectivity index (χ1) is 2.00. The molecule has 0 aromatic rings. The van der Waals surface area contributed by atoms with Crippen LogP contribution in [0.3, 0.4) is 0 Å². The van der Waals surface area contributed by atoms with E-state index in [1.165, 1.54) is 0 Å². The quantitative estimate of drug-likeness (QED) is 0.275. The molecule has 8 heavy (non-hydrogen) atoms. The van der Waals surface area contributed by atoms with Gasteiger partial charge >= 0.3 is 143 Å². The van der Waals surface area contributed by atoms with Gasteiger partial charge in [-0.05, 0) is 0 Å². The minimum atomic E-state index is -5.00. The summed E-state index contributed by atoms with van der Waals surface area (Å²) in [5, 5.41) is 0. The molecule has 0 fully saturated rings.